The topological polar surface area (TPSA) is 79.5 Å². The molecule has 0 spiro atoms. The Morgan fingerprint density at radius 3 is 2.68 bits per heavy atom. The predicted molar refractivity (Wildman–Crippen MR) is 87.5 cm³/mol. The second-order valence-electron chi connectivity index (χ2n) is 4.63. The number of ether oxygens (including phenoxy) is 1. The van der Waals surface area contributed by atoms with Gasteiger partial charge in [-0.1, -0.05) is 6.08 Å². The second kappa shape index (κ2) is 9.19. The van der Waals surface area contributed by atoms with Crippen LogP contribution in [0.15, 0.2) is 36.9 Å². The molecule has 3 N–H and O–H groups in total. The SMILES string of the molecule is C=CCNC(=O)c1ccc(NC(=O)C2CNCCO2)cc1.Cl. The number of amides is 2. The van der Waals surface area contributed by atoms with Crippen LogP contribution in [0.3, 0.4) is 0 Å². The van der Waals surface area contributed by atoms with E-state index in [0.29, 0.717) is 30.9 Å². The van der Waals surface area contributed by atoms with Gasteiger partial charge in [0.25, 0.3) is 11.8 Å². The zero-order valence-electron chi connectivity index (χ0n) is 12.1. The van der Waals surface area contributed by atoms with Gasteiger partial charge < -0.3 is 20.7 Å². The van der Waals surface area contributed by atoms with Crippen LogP contribution in [0, 0.1) is 0 Å². The lowest BCUT2D eigenvalue weighted by atomic mass is 10.2. The van der Waals surface area contributed by atoms with Crippen LogP contribution >= 0.6 is 12.4 Å². The van der Waals surface area contributed by atoms with Gasteiger partial charge in [-0.25, -0.2) is 0 Å². The summed E-state index contributed by atoms with van der Waals surface area (Å²) in [4.78, 5) is 23.7. The van der Waals surface area contributed by atoms with Gasteiger partial charge in [0.05, 0.1) is 6.61 Å². The Labute approximate surface area is 135 Å². The molecular formula is C15H20ClN3O3. The number of hydrogen-bond donors (Lipinski definition) is 3. The quantitative estimate of drug-likeness (QED) is 0.704. The fourth-order valence-corrected chi connectivity index (χ4v) is 1.93. The first-order valence-corrected chi connectivity index (χ1v) is 6.83. The van der Waals surface area contributed by atoms with Gasteiger partial charge in [0.1, 0.15) is 6.10 Å². The van der Waals surface area contributed by atoms with Crippen molar-refractivity contribution >= 4 is 29.9 Å². The molecule has 0 aromatic heterocycles. The van der Waals surface area contributed by atoms with Crippen molar-refractivity contribution < 1.29 is 14.3 Å². The van der Waals surface area contributed by atoms with Crippen molar-refractivity contribution in [2.24, 2.45) is 0 Å². The lowest BCUT2D eigenvalue weighted by molar-refractivity contribution is -0.128. The Morgan fingerprint density at radius 1 is 1.36 bits per heavy atom. The summed E-state index contributed by atoms with van der Waals surface area (Å²) in [6, 6.07) is 6.70. The third-order valence-electron chi connectivity index (χ3n) is 3.04. The summed E-state index contributed by atoms with van der Waals surface area (Å²) in [6.45, 7) is 5.76. The number of carbonyl (C=O) groups is 2. The standard InChI is InChI=1S/C15H19N3O3.ClH/c1-2-7-17-14(19)11-3-5-12(6-4-11)18-15(20)13-10-16-8-9-21-13;/h2-6,13,16H,1,7-10H2,(H,17,19)(H,18,20);1H. The third kappa shape index (κ3) is 5.14. The molecule has 1 aliphatic heterocycles. The highest BCUT2D eigenvalue weighted by atomic mass is 35.5. The molecule has 1 unspecified atom stereocenters. The van der Waals surface area contributed by atoms with Crippen molar-refractivity contribution in [3.05, 3.63) is 42.5 Å². The molecule has 0 aliphatic carbocycles. The highest BCUT2D eigenvalue weighted by molar-refractivity contribution is 5.97. The van der Waals surface area contributed by atoms with Gasteiger partial charge in [0.15, 0.2) is 0 Å². The normalized spacial score (nSPS) is 17.0. The van der Waals surface area contributed by atoms with Crippen LogP contribution in [0.5, 0.6) is 0 Å². The van der Waals surface area contributed by atoms with E-state index >= 15 is 0 Å². The lowest BCUT2D eigenvalue weighted by Crippen LogP contribution is -2.45. The molecule has 120 valence electrons. The Kier molecular flexibility index (Phi) is 7.59. The molecule has 0 saturated carbocycles. The molecule has 1 aromatic carbocycles. The molecule has 6 nitrogen and oxygen atoms in total. The maximum absolute atomic E-state index is 12.0. The van der Waals surface area contributed by atoms with Crippen molar-refractivity contribution in [3.8, 4) is 0 Å². The minimum Gasteiger partial charge on any atom is -0.366 e. The van der Waals surface area contributed by atoms with E-state index in [1.807, 2.05) is 0 Å². The van der Waals surface area contributed by atoms with E-state index < -0.39 is 6.10 Å². The molecule has 7 heteroatoms. The summed E-state index contributed by atoms with van der Waals surface area (Å²) >= 11 is 0. The molecule has 1 atom stereocenters. The van der Waals surface area contributed by atoms with E-state index in [2.05, 4.69) is 22.5 Å². The zero-order valence-corrected chi connectivity index (χ0v) is 12.9. The van der Waals surface area contributed by atoms with Gasteiger partial charge in [0, 0.05) is 30.9 Å². The van der Waals surface area contributed by atoms with E-state index in [-0.39, 0.29) is 24.2 Å². The Hall–Kier alpha value is -1.89. The van der Waals surface area contributed by atoms with Crippen LogP contribution in [0.4, 0.5) is 5.69 Å². The third-order valence-corrected chi connectivity index (χ3v) is 3.04. The highest BCUT2D eigenvalue weighted by Crippen LogP contribution is 2.11. The van der Waals surface area contributed by atoms with Crippen molar-refractivity contribution in [1.82, 2.24) is 10.6 Å². The Balaban J connectivity index is 0.00000242. The second-order valence-corrected chi connectivity index (χ2v) is 4.63. The summed E-state index contributed by atoms with van der Waals surface area (Å²) in [7, 11) is 0. The van der Waals surface area contributed by atoms with Crippen LogP contribution in [0.25, 0.3) is 0 Å². The zero-order chi connectivity index (χ0) is 15.1. The summed E-state index contributed by atoms with van der Waals surface area (Å²) in [6.07, 6.45) is 1.14. The average Bonchev–Trinajstić information content (AvgIpc) is 2.54. The van der Waals surface area contributed by atoms with Gasteiger partial charge in [-0.15, -0.1) is 19.0 Å². The van der Waals surface area contributed by atoms with Crippen LogP contribution in [0.2, 0.25) is 0 Å². The Morgan fingerprint density at radius 2 is 2.09 bits per heavy atom. The van der Waals surface area contributed by atoms with Gasteiger partial charge in [-0.05, 0) is 24.3 Å². The van der Waals surface area contributed by atoms with E-state index in [4.69, 9.17) is 4.74 Å². The van der Waals surface area contributed by atoms with Gasteiger partial charge in [-0.2, -0.15) is 0 Å². The maximum Gasteiger partial charge on any atom is 0.254 e. The molecular weight excluding hydrogens is 306 g/mol. The number of rotatable bonds is 5. The summed E-state index contributed by atoms with van der Waals surface area (Å²) in [5.41, 5.74) is 1.17. The van der Waals surface area contributed by atoms with Crippen molar-refractivity contribution in [2.45, 2.75) is 6.10 Å². The lowest BCUT2D eigenvalue weighted by Gasteiger charge is -2.22. The number of benzene rings is 1. The fraction of sp³-hybridized carbons (Fsp3) is 0.333. The van der Waals surface area contributed by atoms with E-state index in [9.17, 15) is 9.59 Å². The largest absolute Gasteiger partial charge is 0.366 e. The van der Waals surface area contributed by atoms with Crippen LogP contribution in [-0.2, 0) is 9.53 Å². The summed E-state index contributed by atoms with van der Waals surface area (Å²) in [5, 5.41) is 8.56. The van der Waals surface area contributed by atoms with Gasteiger partial charge >= 0.3 is 0 Å². The van der Waals surface area contributed by atoms with E-state index in [1.165, 1.54) is 0 Å². The van der Waals surface area contributed by atoms with Gasteiger partial charge in [0.2, 0.25) is 0 Å². The molecule has 1 fully saturated rings. The number of hydrogen-bond acceptors (Lipinski definition) is 4. The fourth-order valence-electron chi connectivity index (χ4n) is 1.93. The molecule has 0 radical (unpaired) electrons. The molecule has 1 heterocycles. The first kappa shape index (κ1) is 18.2. The average molecular weight is 326 g/mol. The molecule has 22 heavy (non-hydrogen) atoms. The number of nitrogens with one attached hydrogen (secondary N) is 3. The molecule has 2 rings (SSSR count). The monoisotopic (exact) mass is 325 g/mol. The summed E-state index contributed by atoms with van der Waals surface area (Å²) < 4.78 is 5.37. The van der Waals surface area contributed by atoms with E-state index in [1.54, 1.807) is 30.3 Å². The van der Waals surface area contributed by atoms with Crippen LogP contribution < -0.4 is 16.0 Å². The summed E-state index contributed by atoms with van der Waals surface area (Å²) in [5.74, 6) is -0.362. The maximum atomic E-state index is 12.0. The Bertz CT molecular complexity index is 513. The smallest absolute Gasteiger partial charge is 0.254 e. The van der Waals surface area contributed by atoms with Crippen molar-refractivity contribution in [1.29, 1.82) is 0 Å². The number of anilines is 1. The molecule has 1 aromatic rings. The number of halogens is 1. The first-order valence-electron chi connectivity index (χ1n) is 6.83. The molecule has 1 saturated heterocycles. The number of carbonyl (C=O) groups excluding carboxylic acids is 2. The number of morpholine rings is 1. The molecule has 0 bridgehead atoms. The van der Waals surface area contributed by atoms with E-state index in [0.717, 1.165) is 6.54 Å². The van der Waals surface area contributed by atoms with Crippen LogP contribution in [-0.4, -0.2) is 44.2 Å². The molecule has 1 aliphatic rings. The first-order chi connectivity index (χ1) is 10.2. The highest BCUT2D eigenvalue weighted by Gasteiger charge is 2.21. The molecule has 2 amide bonds. The van der Waals surface area contributed by atoms with Gasteiger partial charge in [-0.3, -0.25) is 9.59 Å². The van der Waals surface area contributed by atoms with Crippen molar-refractivity contribution in [3.63, 3.8) is 0 Å². The predicted octanol–water partition coefficient (Wildman–Crippen LogP) is 0.951. The van der Waals surface area contributed by atoms with Crippen LogP contribution in [0.1, 0.15) is 10.4 Å². The minimum atomic E-state index is -0.477. The minimum absolute atomic E-state index is 0. The van der Waals surface area contributed by atoms with Crippen molar-refractivity contribution in [2.75, 3.05) is 31.6 Å².